The zero-order chi connectivity index (χ0) is 21.7. The Morgan fingerprint density at radius 2 is 1.69 bits per heavy atom. The molecule has 1 aliphatic rings. The number of anilines is 2. The van der Waals surface area contributed by atoms with Gasteiger partial charge in [0, 0.05) is 31.7 Å². The summed E-state index contributed by atoms with van der Waals surface area (Å²) in [5.41, 5.74) is 5.53. The standard InChI is InChI=1S/C20H35N5O4/c1-6-7-8-23-18(21)17(22-9-11-29-12-10-22)19(27)24(20(23)28)13-16(26)25(14(2)3)15(4)5/h14-15H,6-13,21H2,1-5H3. The van der Waals surface area contributed by atoms with Crippen molar-refractivity contribution in [3.05, 3.63) is 20.8 Å². The number of nitrogen functional groups attached to an aromatic ring is 1. The van der Waals surface area contributed by atoms with Crippen LogP contribution in [-0.2, 0) is 22.6 Å². The topological polar surface area (TPSA) is 103 Å². The second-order valence-electron chi connectivity index (χ2n) is 8.00. The molecule has 9 heteroatoms. The van der Waals surface area contributed by atoms with Gasteiger partial charge in [0.15, 0.2) is 0 Å². The quantitative estimate of drug-likeness (QED) is 0.684. The molecule has 1 aromatic rings. The Bertz CT molecular complexity index is 813. The monoisotopic (exact) mass is 409 g/mol. The van der Waals surface area contributed by atoms with Crippen LogP contribution in [0.25, 0.3) is 0 Å². The van der Waals surface area contributed by atoms with E-state index in [4.69, 9.17) is 10.5 Å². The first-order valence-corrected chi connectivity index (χ1v) is 10.5. The number of carbonyl (C=O) groups is 1. The van der Waals surface area contributed by atoms with Crippen LogP contribution in [0.15, 0.2) is 9.59 Å². The summed E-state index contributed by atoms with van der Waals surface area (Å²) >= 11 is 0. The number of ether oxygens (including phenoxy) is 1. The third-order valence-electron chi connectivity index (χ3n) is 5.20. The van der Waals surface area contributed by atoms with Crippen LogP contribution in [0.5, 0.6) is 0 Å². The molecule has 29 heavy (non-hydrogen) atoms. The van der Waals surface area contributed by atoms with E-state index in [1.807, 2.05) is 39.5 Å². The zero-order valence-electron chi connectivity index (χ0n) is 18.3. The second-order valence-corrected chi connectivity index (χ2v) is 8.00. The number of nitrogens with zero attached hydrogens (tertiary/aromatic N) is 4. The number of morpholine rings is 1. The summed E-state index contributed by atoms with van der Waals surface area (Å²) in [5, 5.41) is 0. The Balaban J connectivity index is 2.56. The number of nitrogens with two attached hydrogens (primary N) is 1. The Morgan fingerprint density at radius 3 is 2.21 bits per heavy atom. The van der Waals surface area contributed by atoms with Gasteiger partial charge in [-0.05, 0) is 34.1 Å². The van der Waals surface area contributed by atoms with Crippen molar-refractivity contribution in [3.8, 4) is 0 Å². The van der Waals surface area contributed by atoms with Gasteiger partial charge in [0.1, 0.15) is 18.1 Å². The van der Waals surface area contributed by atoms with Crippen molar-refractivity contribution in [1.82, 2.24) is 14.0 Å². The van der Waals surface area contributed by atoms with Crippen molar-refractivity contribution in [2.45, 2.75) is 72.6 Å². The average molecular weight is 410 g/mol. The Kier molecular flexibility index (Phi) is 7.89. The van der Waals surface area contributed by atoms with Gasteiger partial charge >= 0.3 is 5.69 Å². The number of amides is 1. The fraction of sp³-hybridized carbons (Fsp3) is 0.750. The molecule has 2 rings (SSSR count). The summed E-state index contributed by atoms with van der Waals surface area (Å²) < 4.78 is 7.85. The Hall–Kier alpha value is -2.29. The van der Waals surface area contributed by atoms with Crippen molar-refractivity contribution in [1.29, 1.82) is 0 Å². The normalized spacial score (nSPS) is 14.7. The van der Waals surface area contributed by atoms with E-state index in [1.165, 1.54) is 4.57 Å². The van der Waals surface area contributed by atoms with Crippen LogP contribution in [0.1, 0.15) is 47.5 Å². The first-order valence-electron chi connectivity index (χ1n) is 10.5. The van der Waals surface area contributed by atoms with Crippen LogP contribution in [0, 0.1) is 0 Å². The van der Waals surface area contributed by atoms with Gasteiger partial charge in [-0.25, -0.2) is 9.36 Å². The van der Waals surface area contributed by atoms with Crippen molar-refractivity contribution in [2.24, 2.45) is 0 Å². The number of hydrogen-bond donors (Lipinski definition) is 1. The van der Waals surface area contributed by atoms with Crippen LogP contribution in [0.3, 0.4) is 0 Å². The number of aromatic nitrogens is 2. The molecule has 1 aromatic heterocycles. The highest BCUT2D eigenvalue weighted by atomic mass is 16.5. The molecule has 0 saturated carbocycles. The molecule has 164 valence electrons. The van der Waals surface area contributed by atoms with E-state index < -0.39 is 11.2 Å². The molecule has 2 N–H and O–H groups in total. The third-order valence-corrected chi connectivity index (χ3v) is 5.20. The molecular weight excluding hydrogens is 374 g/mol. The molecule has 0 aliphatic carbocycles. The van der Waals surface area contributed by atoms with Gasteiger partial charge in [-0.15, -0.1) is 0 Å². The third kappa shape index (κ3) is 5.01. The number of rotatable bonds is 8. The summed E-state index contributed by atoms with van der Waals surface area (Å²) in [6.07, 6.45) is 1.63. The predicted molar refractivity (Wildman–Crippen MR) is 114 cm³/mol. The van der Waals surface area contributed by atoms with E-state index in [0.29, 0.717) is 32.8 Å². The Labute approximate surface area is 172 Å². The SMILES string of the molecule is CCCCn1c(N)c(N2CCOCC2)c(=O)n(CC(=O)N(C(C)C)C(C)C)c1=O. The van der Waals surface area contributed by atoms with Crippen LogP contribution < -0.4 is 21.9 Å². The largest absolute Gasteiger partial charge is 0.383 e. The van der Waals surface area contributed by atoms with Crippen molar-refractivity contribution in [2.75, 3.05) is 36.9 Å². The summed E-state index contributed by atoms with van der Waals surface area (Å²) in [4.78, 5) is 42.8. The summed E-state index contributed by atoms with van der Waals surface area (Å²) in [7, 11) is 0. The van der Waals surface area contributed by atoms with Crippen LogP contribution in [0.4, 0.5) is 11.5 Å². The van der Waals surface area contributed by atoms with Gasteiger partial charge in [-0.3, -0.25) is 14.2 Å². The summed E-state index contributed by atoms with van der Waals surface area (Å²) in [5.74, 6) is -0.0856. The van der Waals surface area contributed by atoms with Gasteiger partial charge in [0.05, 0.1) is 13.2 Å². The highest BCUT2D eigenvalue weighted by molar-refractivity contribution is 5.77. The molecule has 9 nitrogen and oxygen atoms in total. The maximum absolute atomic E-state index is 13.3. The molecule has 0 aromatic carbocycles. The minimum absolute atomic E-state index is 0.0342. The molecule has 0 spiro atoms. The molecule has 0 atom stereocenters. The van der Waals surface area contributed by atoms with Gasteiger partial charge in [0.25, 0.3) is 5.56 Å². The molecular formula is C20H35N5O4. The maximum Gasteiger partial charge on any atom is 0.333 e. The van der Waals surface area contributed by atoms with E-state index in [1.54, 1.807) is 4.90 Å². The fourth-order valence-electron chi connectivity index (χ4n) is 3.85. The van der Waals surface area contributed by atoms with Gasteiger partial charge in [-0.2, -0.15) is 0 Å². The highest BCUT2D eigenvalue weighted by Crippen LogP contribution is 2.19. The van der Waals surface area contributed by atoms with Crippen LogP contribution in [-0.4, -0.2) is 58.3 Å². The predicted octanol–water partition coefficient (Wildman–Crippen LogP) is 0.874. The number of hydrogen-bond acceptors (Lipinski definition) is 6. The lowest BCUT2D eigenvalue weighted by Crippen LogP contribution is -2.51. The lowest BCUT2D eigenvalue weighted by atomic mass is 10.2. The molecule has 0 unspecified atom stereocenters. The summed E-state index contributed by atoms with van der Waals surface area (Å²) in [6, 6.07) is -0.0685. The Morgan fingerprint density at radius 1 is 1.10 bits per heavy atom. The van der Waals surface area contributed by atoms with Gasteiger partial charge in [-0.1, -0.05) is 13.3 Å². The highest BCUT2D eigenvalue weighted by Gasteiger charge is 2.27. The molecule has 2 heterocycles. The number of unbranched alkanes of at least 4 members (excludes halogenated alkanes) is 1. The first kappa shape index (κ1) is 23.0. The lowest BCUT2D eigenvalue weighted by molar-refractivity contribution is -0.135. The number of carbonyl (C=O) groups excluding carboxylic acids is 1. The maximum atomic E-state index is 13.3. The van der Waals surface area contributed by atoms with Crippen molar-refractivity contribution >= 4 is 17.4 Å². The molecule has 1 aliphatic heterocycles. The van der Waals surface area contributed by atoms with E-state index in [2.05, 4.69) is 0 Å². The minimum Gasteiger partial charge on any atom is -0.383 e. The lowest BCUT2D eigenvalue weighted by Gasteiger charge is -2.32. The smallest absolute Gasteiger partial charge is 0.333 e. The molecule has 0 bridgehead atoms. The van der Waals surface area contributed by atoms with E-state index in [9.17, 15) is 14.4 Å². The van der Waals surface area contributed by atoms with Crippen molar-refractivity contribution in [3.63, 3.8) is 0 Å². The van der Waals surface area contributed by atoms with Gasteiger partial charge < -0.3 is 20.3 Å². The van der Waals surface area contributed by atoms with Crippen molar-refractivity contribution < 1.29 is 9.53 Å². The van der Waals surface area contributed by atoms with Crippen LogP contribution in [0.2, 0.25) is 0 Å². The second kappa shape index (κ2) is 9.96. The fourth-order valence-corrected chi connectivity index (χ4v) is 3.85. The van der Waals surface area contributed by atoms with E-state index in [-0.39, 0.29) is 36.0 Å². The molecule has 1 amide bonds. The van der Waals surface area contributed by atoms with Crippen LogP contribution >= 0.6 is 0 Å². The van der Waals surface area contributed by atoms with Gasteiger partial charge in [0.2, 0.25) is 5.91 Å². The van der Waals surface area contributed by atoms with E-state index >= 15 is 0 Å². The molecule has 0 radical (unpaired) electrons. The van der Waals surface area contributed by atoms with E-state index in [0.717, 1.165) is 17.4 Å². The molecule has 1 fully saturated rings. The summed E-state index contributed by atoms with van der Waals surface area (Å²) in [6.45, 7) is 11.8. The molecule has 1 saturated heterocycles. The average Bonchev–Trinajstić information content (AvgIpc) is 2.65. The zero-order valence-corrected chi connectivity index (χ0v) is 18.3. The minimum atomic E-state index is -0.529. The first-order chi connectivity index (χ1) is 13.7.